The van der Waals surface area contributed by atoms with Gasteiger partial charge in [-0.3, -0.25) is 0 Å². The number of carbonyl (C=O) groups excluding carboxylic acids is 2. The number of nitrogens with zero attached hydrogens (tertiary/aromatic N) is 4. The normalized spacial score (nSPS) is 21.5. The number of halogens is 2. The first-order valence-electron chi connectivity index (χ1n) is 11.9. The Balaban J connectivity index is 1.62. The first-order chi connectivity index (χ1) is 18.2. The highest BCUT2D eigenvalue weighted by molar-refractivity contribution is 6.28. The van der Waals surface area contributed by atoms with Gasteiger partial charge < -0.3 is 29.8 Å². The van der Waals surface area contributed by atoms with Crippen molar-refractivity contribution in [3.8, 4) is 0 Å². The molecule has 1 aromatic carbocycles. The molecule has 2 aromatic heterocycles. The Morgan fingerprint density at radius 3 is 2.47 bits per heavy atom. The van der Waals surface area contributed by atoms with Gasteiger partial charge in [0.05, 0.1) is 31.4 Å². The standard InChI is InChI=1S/C24H27ClFN5O7/c1-3-35-21(33)24(22(34)36-4-2,10-13-8-6-5-7-9-13)37-12-15-17(32)16(26)20(38-15)31-19-14(11-28-31)18(27)29-23(25)30-19/h5-9,11,15-17,20,32H,3-4,10,12H2,1-2H3,(H2,27,29,30)/t15-,16+,17-,20-/m1/s1. The Bertz CT molecular complexity index is 1280. The molecular weight excluding hydrogens is 525 g/mol. The van der Waals surface area contributed by atoms with Gasteiger partial charge in [0.25, 0.3) is 5.60 Å². The minimum absolute atomic E-state index is 0.0325. The summed E-state index contributed by atoms with van der Waals surface area (Å²) in [5.74, 6) is -1.93. The van der Waals surface area contributed by atoms with Crippen LogP contribution in [0.25, 0.3) is 11.0 Å². The lowest BCUT2D eigenvalue weighted by molar-refractivity contribution is -0.197. The molecule has 3 aromatic rings. The highest BCUT2D eigenvalue weighted by Crippen LogP contribution is 2.35. The number of hydrogen-bond acceptors (Lipinski definition) is 11. The lowest BCUT2D eigenvalue weighted by Gasteiger charge is -2.30. The van der Waals surface area contributed by atoms with E-state index in [1.165, 1.54) is 6.20 Å². The highest BCUT2D eigenvalue weighted by Gasteiger charge is 2.53. The molecule has 1 aliphatic heterocycles. The summed E-state index contributed by atoms with van der Waals surface area (Å²) in [6.07, 6.45) is -5.32. The van der Waals surface area contributed by atoms with Crippen molar-refractivity contribution in [1.29, 1.82) is 0 Å². The first kappa shape index (κ1) is 27.6. The van der Waals surface area contributed by atoms with Gasteiger partial charge in [-0.15, -0.1) is 0 Å². The maximum Gasteiger partial charge on any atom is 0.350 e. The number of anilines is 1. The van der Waals surface area contributed by atoms with E-state index in [1.54, 1.807) is 44.2 Å². The summed E-state index contributed by atoms with van der Waals surface area (Å²) >= 11 is 5.90. The van der Waals surface area contributed by atoms with Crippen molar-refractivity contribution >= 4 is 40.4 Å². The maximum atomic E-state index is 15.3. The largest absolute Gasteiger partial charge is 0.463 e. The third-order valence-electron chi connectivity index (χ3n) is 5.99. The number of nitrogens with two attached hydrogens (primary N) is 1. The van der Waals surface area contributed by atoms with Crippen LogP contribution >= 0.6 is 11.6 Å². The van der Waals surface area contributed by atoms with Gasteiger partial charge in [-0.25, -0.2) is 23.6 Å². The first-order valence-corrected chi connectivity index (χ1v) is 12.3. The zero-order valence-electron chi connectivity index (χ0n) is 20.6. The molecule has 0 unspecified atom stereocenters. The Kier molecular flexibility index (Phi) is 8.41. The predicted octanol–water partition coefficient (Wildman–Crippen LogP) is 1.78. The van der Waals surface area contributed by atoms with Crippen LogP contribution in [0.2, 0.25) is 5.28 Å². The Labute approximate surface area is 221 Å². The zero-order valence-corrected chi connectivity index (χ0v) is 21.4. The summed E-state index contributed by atoms with van der Waals surface area (Å²) in [7, 11) is 0. The maximum absolute atomic E-state index is 15.3. The van der Waals surface area contributed by atoms with Gasteiger partial charge in [0.15, 0.2) is 18.0 Å². The lowest BCUT2D eigenvalue weighted by Crippen LogP contribution is -2.54. The predicted molar refractivity (Wildman–Crippen MR) is 132 cm³/mol. The number of ether oxygens (including phenoxy) is 4. The lowest BCUT2D eigenvalue weighted by atomic mass is 9.93. The van der Waals surface area contributed by atoms with E-state index < -0.39 is 48.8 Å². The number of carbonyl (C=O) groups is 2. The fourth-order valence-electron chi connectivity index (χ4n) is 4.14. The second-order valence-electron chi connectivity index (χ2n) is 8.45. The average molecular weight is 552 g/mol. The highest BCUT2D eigenvalue weighted by atomic mass is 35.5. The summed E-state index contributed by atoms with van der Waals surface area (Å²) in [5.41, 5.74) is 4.30. The molecule has 1 fully saturated rings. The monoisotopic (exact) mass is 551 g/mol. The molecule has 0 spiro atoms. The number of benzene rings is 1. The number of aromatic nitrogens is 4. The van der Waals surface area contributed by atoms with Gasteiger partial charge in [-0.1, -0.05) is 30.3 Å². The van der Waals surface area contributed by atoms with E-state index >= 15 is 4.39 Å². The molecule has 204 valence electrons. The van der Waals surface area contributed by atoms with Crippen molar-refractivity contribution in [2.24, 2.45) is 0 Å². The number of fused-ring (bicyclic) bond motifs is 1. The number of aliphatic hydroxyl groups is 1. The van der Waals surface area contributed by atoms with E-state index in [4.69, 9.17) is 36.3 Å². The zero-order chi connectivity index (χ0) is 27.4. The number of rotatable bonds is 10. The van der Waals surface area contributed by atoms with Crippen LogP contribution in [-0.2, 0) is 35.0 Å². The number of aliphatic hydroxyl groups excluding tert-OH is 1. The van der Waals surface area contributed by atoms with Gasteiger partial charge in [0.1, 0.15) is 18.0 Å². The topological polar surface area (TPSA) is 161 Å². The fraction of sp³-hybridized carbons (Fsp3) is 0.458. The minimum atomic E-state index is -2.23. The van der Waals surface area contributed by atoms with Gasteiger partial charge in [-0.2, -0.15) is 10.1 Å². The van der Waals surface area contributed by atoms with E-state index in [2.05, 4.69) is 15.1 Å². The molecule has 4 atom stereocenters. The van der Waals surface area contributed by atoms with E-state index in [1.807, 2.05) is 0 Å². The molecule has 3 N–H and O–H groups in total. The second kappa shape index (κ2) is 11.6. The van der Waals surface area contributed by atoms with Crippen molar-refractivity contribution in [1.82, 2.24) is 19.7 Å². The minimum Gasteiger partial charge on any atom is -0.463 e. The molecule has 0 amide bonds. The molecule has 0 bridgehead atoms. The third kappa shape index (κ3) is 5.27. The van der Waals surface area contributed by atoms with E-state index in [-0.39, 0.29) is 36.4 Å². The third-order valence-corrected chi connectivity index (χ3v) is 6.16. The van der Waals surface area contributed by atoms with E-state index in [9.17, 15) is 14.7 Å². The molecule has 12 nitrogen and oxygen atoms in total. The Morgan fingerprint density at radius 1 is 1.18 bits per heavy atom. The van der Waals surface area contributed by atoms with Crippen molar-refractivity contribution in [2.75, 3.05) is 25.6 Å². The Morgan fingerprint density at radius 2 is 1.84 bits per heavy atom. The fourth-order valence-corrected chi connectivity index (χ4v) is 4.32. The molecule has 1 aliphatic rings. The molecule has 3 heterocycles. The molecule has 0 saturated carbocycles. The average Bonchev–Trinajstić information content (AvgIpc) is 3.43. The van der Waals surface area contributed by atoms with Crippen molar-refractivity contribution in [3.63, 3.8) is 0 Å². The SMILES string of the molecule is CCOC(=O)C(Cc1ccccc1)(OC[C@H]1O[C@@H](n2ncc3c(N)nc(Cl)nc32)[C@@H](F)[C@@H]1O)C(=O)OCC. The van der Waals surface area contributed by atoms with Gasteiger partial charge in [0, 0.05) is 6.42 Å². The molecule has 14 heteroatoms. The number of hydrogen-bond donors (Lipinski definition) is 2. The summed E-state index contributed by atoms with van der Waals surface area (Å²) < 4.78 is 38.3. The van der Waals surface area contributed by atoms with Gasteiger partial charge in [0.2, 0.25) is 5.28 Å². The van der Waals surface area contributed by atoms with Gasteiger partial charge in [-0.05, 0) is 31.0 Å². The van der Waals surface area contributed by atoms with Crippen LogP contribution in [0, 0.1) is 0 Å². The van der Waals surface area contributed by atoms with Crippen molar-refractivity contribution < 1.29 is 38.0 Å². The summed E-state index contributed by atoms with van der Waals surface area (Å²) in [4.78, 5) is 34.1. The summed E-state index contributed by atoms with van der Waals surface area (Å²) in [6, 6.07) is 8.64. The van der Waals surface area contributed by atoms with E-state index in [0.717, 1.165) is 4.68 Å². The number of alkyl halides is 1. The van der Waals surface area contributed by atoms with Crippen LogP contribution in [0.5, 0.6) is 0 Å². The molecule has 0 aliphatic carbocycles. The summed E-state index contributed by atoms with van der Waals surface area (Å²) in [6.45, 7) is 2.54. The van der Waals surface area contributed by atoms with Crippen LogP contribution in [0.15, 0.2) is 36.5 Å². The van der Waals surface area contributed by atoms with E-state index in [0.29, 0.717) is 10.9 Å². The quantitative estimate of drug-likeness (QED) is 0.215. The molecule has 0 radical (unpaired) electrons. The second-order valence-corrected chi connectivity index (χ2v) is 8.78. The van der Waals surface area contributed by atoms with Crippen LogP contribution in [-0.4, -0.2) is 80.6 Å². The Hall–Kier alpha value is -3.39. The van der Waals surface area contributed by atoms with Crippen LogP contribution in [0.1, 0.15) is 25.6 Å². The molecular formula is C24H27ClFN5O7. The summed E-state index contributed by atoms with van der Waals surface area (Å²) in [5, 5.41) is 14.9. The molecule has 4 rings (SSSR count). The molecule has 38 heavy (non-hydrogen) atoms. The van der Waals surface area contributed by atoms with Gasteiger partial charge >= 0.3 is 11.9 Å². The number of nitrogen functional groups attached to an aromatic ring is 1. The smallest absolute Gasteiger partial charge is 0.350 e. The van der Waals surface area contributed by atoms with Crippen molar-refractivity contribution in [2.45, 2.75) is 50.5 Å². The number of esters is 2. The van der Waals surface area contributed by atoms with Crippen LogP contribution in [0.4, 0.5) is 10.2 Å². The van der Waals surface area contributed by atoms with Crippen molar-refractivity contribution in [3.05, 3.63) is 47.4 Å². The molecule has 1 saturated heterocycles. The van der Waals surface area contributed by atoms with Crippen LogP contribution in [0.3, 0.4) is 0 Å². The van der Waals surface area contributed by atoms with Crippen LogP contribution < -0.4 is 5.73 Å².